The van der Waals surface area contributed by atoms with E-state index < -0.39 is 6.10 Å². The highest BCUT2D eigenvalue weighted by atomic mass is 35.5. The number of aliphatic hydroxyl groups excluding tert-OH is 1. The van der Waals surface area contributed by atoms with Gasteiger partial charge in [0, 0.05) is 12.1 Å². The van der Waals surface area contributed by atoms with E-state index in [1.807, 2.05) is 30.3 Å². The molecule has 0 saturated carbocycles. The standard InChI is InChI=1S/C16H16ClNO3/c17-13-10-12(6-7-15(13)20)16(21)18-9-8-14(19)11-4-2-1-3-5-11/h1-7,10,14,19-20H,8-9H2,(H,18,21). The summed E-state index contributed by atoms with van der Waals surface area (Å²) in [6, 6.07) is 13.5. The van der Waals surface area contributed by atoms with Crippen LogP contribution in [0.4, 0.5) is 0 Å². The van der Waals surface area contributed by atoms with Crippen molar-refractivity contribution in [3.63, 3.8) is 0 Å². The molecule has 4 nitrogen and oxygen atoms in total. The number of rotatable bonds is 5. The van der Waals surface area contributed by atoms with Crippen molar-refractivity contribution in [1.82, 2.24) is 5.32 Å². The summed E-state index contributed by atoms with van der Waals surface area (Å²) >= 11 is 5.75. The van der Waals surface area contributed by atoms with Crippen LogP contribution in [0.15, 0.2) is 48.5 Å². The fourth-order valence-corrected chi connectivity index (χ4v) is 2.10. The summed E-state index contributed by atoms with van der Waals surface area (Å²) in [5, 5.41) is 22.1. The van der Waals surface area contributed by atoms with Gasteiger partial charge in [0.05, 0.1) is 11.1 Å². The van der Waals surface area contributed by atoms with Gasteiger partial charge in [-0.3, -0.25) is 4.79 Å². The summed E-state index contributed by atoms with van der Waals surface area (Å²) in [5.74, 6) is -0.357. The predicted octanol–water partition coefficient (Wildman–Crippen LogP) is 2.90. The second kappa shape index (κ2) is 7.11. The van der Waals surface area contributed by atoms with Gasteiger partial charge >= 0.3 is 0 Å². The van der Waals surface area contributed by atoms with E-state index in [0.717, 1.165) is 5.56 Å². The summed E-state index contributed by atoms with van der Waals surface area (Å²) in [5.41, 5.74) is 1.19. The van der Waals surface area contributed by atoms with Crippen LogP contribution >= 0.6 is 11.6 Å². The number of carbonyl (C=O) groups excluding carboxylic acids is 1. The Morgan fingerprint density at radius 2 is 1.90 bits per heavy atom. The smallest absolute Gasteiger partial charge is 0.251 e. The van der Waals surface area contributed by atoms with Gasteiger partial charge in [0.25, 0.3) is 5.91 Å². The molecule has 2 rings (SSSR count). The molecule has 0 bridgehead atoms. The molecule has 0 aromatic heterocycles. The molecule has 21 heavy (non-hydrogen) atoms. The van der Waals surface area contributed by atoms with Gasteiger partial charge in [-0.2, -0.15) is 0 Å². The molecule has 1 unspecified atom stereocenters. The maximum atomic E-state index is 11.9. The molecule has 3 N–H and O–H groups in total. The van der Waals surface area contributed by atoms with E-state index >= 15 is 0 Å². The zero-order chi connectivity index (χ0) is 15.2. The number of hydrogen-bond acceptors (Lipinski definition) is 3. The topological polar surface area (TPSA) is 69.6 Å². The van der Waals surface area contributed by atoms with E-state index in [9.17, 15) is 15.0 Å². The van der Waals surface area contributed by atoms with Crippen molar-refractivity contribution >= 4 is 17.5 Å². The highest BCUT2D eigenvalue weighted by Crippen LogP contribution is 2.23. The summed E-state index contributed by atoms with van der Waals surface area (Å²) < 4.78 is 0. The molecule has 1 amide bonds. The van der Waals surface area contributed by atoms with Gasteiger partial charge in [-0.1, -0.05) is 41.9 Å². The lowest BCUT2D eigenvalue weighted by atomic mass is 10.1. The average molecular weight is 306 g/mol. The Bertz CT molecular complexity index is 616. The number of phenolic OH excluding ortho intramolecular Hbond substituents is 1. The fourth-order valence-electron chi connectivity index (χ4n) is 1.91. The predicted molar refractivity (Wildman–Crippen MR) is 81.5 cm³/mol. The van der Waals surface area contributed by atoms with Crippen LogP contribution in [0.3, 0.4) is 0 Å². The third-order valence-electron chi connectivity index (χ3n) is 3.10. The lowest BCUT2D eigenvalue weighted by Gasteiger charge is -2.11. The normalized spacial score (nSPS) is 11.9. The van der Waals surface area contributed by atoms with E-state index in [2.05, 4.69) is 5.32 Å². The second-order valence-electron chi connectivity index (χ2n) is 4.64. The summed E-state index contributed by atoms with van der Waals surface area (Å²) in [6.45, 7) is 0.341. The molecule has 2 aromatic rings. The Hall–Kier alpha value is -2.04. The lowest BCUT2D eigenvalue weighted by Crippen LogP contribution is -2.25. The Labute approximate surface area is 128 Å². The second-order valence-corrected chi connectivity index (χ2v) is 5.04. The van der Waals surface area contributed by atoms with Gasteiger partial charge in [-0.15, -0.1) is 0 Å². The minimum Gasteiger partial charge on any atom is -0.506 e. The van der Waals surface area contributed by atoms with Crippen molar-refractivity contribution in [2.24, 2.45) is 0 Å². The van der Waals surface area contributed by atoms with Crippen molar-refractivity contribution in [1.29, 1.82) is 0 Å². The molecular weight excluding hydrogens is 290 g/mol. The first-order valence-electron chi connectivity index (χ1n) is 6.57. The number of phenols is 1. The number of amides is 1. The van der Waals surface area contributed by atoms with Gasteiger partial charge < -0.3 is 15.5 Å². The average Bonchev–Trinajstić information content (AvgIpc) is 2.50. The number of hydrogen-bond donors (Lipinski definition) is 3. The quantitative estimate of drug-likeness (QED) is 0.795. The molecule has 2 aromatic carbocycles. The van der Waals surface area contributed by atoms with Crippen molar-refractivity contribution < 1.29 is 15.0 Å². The van der Waals surface area contributed by atoms with Crippen LogP contribution in [0.25, 0.3) is 0 Å². The maximum absolute atomic E-state index is 11.9. The monoisotopic (exact) mass is 305 g/mol. The first-order valence-corrected chi connectivity index (χ1v) is 6.95. The van der Waals surface area contributed by atoms with Crippen LogP contribution in [0.1, 0.15) is 28.4 Å². The molecule has 0 spiro atoms. The van der Waals surface area contributed by atoms with Gasteiger partial charge in [-0.25, -0.2) is 0 Å². The summed E-state index contributed by atoms with van der Waals surface area (Å²) in [4.78, 5) is 11.9. The van der Waals surface area contributed by atoms with Gasteiger partial charge in [0.1, 0.15) is 5.75 Å². The molecule has 0 saturated heterocycles. The molecule has 0 aliphatic heterocycles. The minimum absolute atomic E-state index is 0.0623. The maximum Gasteiger partial charge on any atom is 0.251 e. The van der Waals surface area contributed by atoms with Crippen molar-refractivity contribution in [2.75, 3.05) is 6.54 Å². The molecule has 0 aliphatic carbocycles. The van der Waals surface area contributed by atoms with Crippen LogP contribution < -0.4 is 5.32 Å². The molecule has 0 aliphatic rings. The largest absolute Gasteiger partial charge is 0.506 e. The number of nitrogens with one attached hydrogen (secondary N) is 1. The van der Waals surface area contributed by atoms with Gasteiger partial charge in [0.15, 0.2) is 0 Å². The Morgan fingerprint density at radius 3 is 2.57 bits per heavy atom. The number of benzene rings is 2. The van der Waals surface area contributed by atoms with Crippen LogP contribution in [-0.2, 0) is 0 Å². The first-order chi connectivity index (χ1) is 10.1. The third-order valence-corrected chi connectivity index (χ3v) is 3.40. The van der Waals surface area contributed by atoms with Crippen LogP contribution in [0.2, 0.25) is 5.02 Å². The van der Waals surface area contributed by atoms with E-state index in [1.165, 1.54) is 18.2 Å². The van der Waals surface area contributed by atoms with E-state index in [1.54, 1.807) is 0 Å². The number of aromatic hydroxyl groups is 1. The van der Waals surface area contributed by atoms with Crippen molar-refractivity contribution in [3.05, 3.63) is 64.7 Å². The number of aliphatic hydroxyl groups is 1. The first kappa shape index (κ1) is 15.4. The molecule has 0 radical (unpaired) electrons. The Morgan fingerprint density at radius 1 is 1.19 bits per heavy atom. The third kappa shape index (κ3) is 4.21. The summed E-state index contributed by atoms with van der Waals surface area (Å²) in [7, 11) is 0. The molecule has 0 heterocycles. The van der Waals surface area contributed by atoms with Crippen LogP contribution in [0, 0.1) is 0 Å². The Kier molecular flexibility index (Phi) is 5.20. The van der Waals surface area contributed by atoms with E-state index in [4.69, 9.17) is 11.6 Å². The molecule has 5 heteroatoms. The number of carbonyl (C=O) groups is 1. The zero-order valence-corrected chi connectivity index (χ0v) is 12.0. The highest BCUT2D eigenvalue weighted by Gasteiger charge is 2.10. The molecular formula is C16H16ClNO3. The lowest BCUT2D eigenvalue weighted by molar-refractivity contribution is 0.0942. The van der Waals surface area contributed by atoms with Gasteiger partial charge in [0.2, 0.25) is 0 Å². The van der Waals surface area contributed by atoms with Crippen molar-refractivity contribution in [2.45, 2.75) is 12.5 Å². The molecule has 110 valence electrons. The van der Waals surface area contributed by atoms with E-state index in [0.29, 0.717) is 18.5 Å². The molecule has 1 atom stereocenters. The van der Waals surface area contributed by atoms with E-state index in [-0.39, 0.29) is 16.7 Å². The van der Waals surface area contributed by atoms with Crippen molar-refractivity contribution in [3.8, 4) is 5.75 Å². The van der Waals surface area contributed by atoms with Crippen LogP contribution in [0.5, 0.6) is 5.75 Å². The minimum atomic E-state index is -0.616. The van der Waals surface area contributed by atoms with Crippen LogP contribution in [-0.4, -0.2) is 22.7 Å². The van der Waals surface area contributed by atoms with Gasteiger partial charge in [-0.05, 0) is 30.2 Å². The fraction of sp³-hybridized carbons (Fsp3) is 0.188. The number of halogens is 1. The Balaban J connectivity index is 1.85. The summed E-state index contributed by atoms with van der Waals surface area (Å²) in [6.07, 6.45) is -0.198. The molecule has 0 fully saturated rings. The SMILES string of the molecule is O=C(NCCC(O)c1ccccc1)c1ccc(O)c(Cl)c1. The zero-order valence-electron chi connectivity index (χ0n) is 11.3. The highest BCUT2D eigenvalue weighted by molar-refractivity contribution is 6.32.